The van der Waals surface area contributed by atoms with E-state index in [9.17, 15) is 9.18 Å². The number of amides is 1. The number of benzene rings is 1. The number of rotatable bonds is 4. The molecule has 0 spiro atoms. The molecule has 5 nitrogen and oxygen atoms in total. The molecule has 126 valence electrons. The van der Waals surface area contributed by atoms with E-state index in [1.165, 1.54) is 12.1 Å². The highest BCUT2D eigenvalue weighted by Crippen LogP contribution is 2.24. The molecule has 2 N–H and O–H groups in total. The predicted octanol–water partition coefficient (Wildman–Crippen LogP) is 3.72. The summed E-state index contributed by atoms with van der Waals surface area (Å²) in [6.07, 6.45) is 0.785. The van der Waals surface area contributed by atoms with Crippen LogP contribution in [0.15, 0.2) is 12.1 Å². The number of hydrogen-bond acceptors (Lipinski definition) is 3. The van der Waals surface area contributed by atoms with E-state index in [2.05, 4.69) is 15.5 Å². The van der Waals surface area contributed by atoms with Crippen molar-refractivity contribution in [2.45, 2.75) is 59.1 Å². The third-order valence-electron chi connectivity index (χ3n) is 3.41. The molecule has 0 fully saturated rings. The lowest BCUT2D eigenvalue weighted by atomic mass is 10.0. The summed E-state index contributed by atoms with van der Waals surface area (Å²) in [7, 11) is 0. The van der Waals surface area contributed by atoms with Gasteiger partial charge in [-0.05, 0) is 58.2 Å². The third-order valence-corrected chi connectivity index (χ3v) is 3.41. The minimum atomic E-state index is -0.546. The molecule has 0 bridgehead atoms. The zero-order valence-electron chi connectivity index (χ0n) is 14.3. The Morgan fingerprint density at radius 3 is 2.74 bits per heavy atom. The van der Waals surface area contributed by atoms with E-state index in [-0.39, 0.29) is 11.9 Å². The number of H-pyrrole nitrogens is 1. The maximum Gasteiger partial charge on any atom is 0.407 e. The van der Waals surface area contributed by atoms with Crippen molar-refractivity contribution < 1.29 is 13.9 Å². The lowest BCUT2D eigenvalue weighted by molar-refractivity contribution is 0.0508. The van der Waals surface area contributed by atoms with Crippen LogP contribution in [-0.4, -0.2) is 27.9 Å². The van der Waals surface area contributed by atoms with Crippen LogP contribution in [-0.2, 0) is 17.6 Å². The quantitative estimate of drug-likeness (QED) is 0.902. The summed E-state index contributed by atoms with van der Waals surface area (Å²) in [6, 6.07) is 2.76. The fourth-order valence-electron chi connectivity index (χ4n) is 2.58. The SMILES string of the molecule is CCc1n[nH]c2cc(F)cc(C[C@H](C)NC(=O)OC(C)(C)C)c12. The van der Waals surface area contributed by atoms with E-state index < -0.39 is 11.7 Å². The number of aromatic amines is 1. The number of hydrogen-bond donors (Lipinski definition) is 2. The molecule has 1 atom stereocenters. The molecule has 1 heterocycles. The number of nitrogens with zero attached hydrogens (tertiary/aromatic N) is 1. The predicted molar refractivity (Wildman–Crippen MR) is 88.0 cm³/mol. The van der Waals surface area contributed by atoms with Gasteiger partial charge in [-0.25, -0.2) is 9.18 Å². The van der Waals surface area contributed by atoms with Crippen molar-refractivity contribution in [1.29, 1.82) is 0 Å². The molecule has 1 aromatic heterocycles. The molecule has 0 aliphatic rings. The van der Waals surface area contributed by atoms with Crippen LogP contribution >= 0.6 is 0 Å². The van der Waals surface area contributed by atoms with Gasteiger partial charge in [-0.3, -0.25) is 5.10 Å². The Kier molecular flexibility index (Phi) is 4.92. The number of alkyl carbamates (subject to hydrolysis) is 1. The first-order valence-electron chi connectivity index (χ1n) is 7.84. The summed E-state index contributed by atoms with van der Waals surface area (Å²) in [5, 5.41) is 10.8. The van der Waals surface area contributed by atoms with Crippen molar-refractivity contribution >= 4 is 17.0 Å². The zero-order valence-corrected chi connectivity index (χ0v) is 14.3. The summed E-state index contributed by atoms with van der Waals surface area (Å²) < 4.78 is 19.0. The molecule has 1 aromatic carbocycles. The average Bonchev–Trinajstić information content (AvgIpc) is 2.78. The van der Waals surface area contributed by atoms with Gasteiger partial charge in [0, 0.05) is 11.4 Å². The van der Waals surface area contributed by atoms with Gasteiger partial charge in [-0.15, -0.1) is 0 Å². The normalized spacial score (nSPS) is 13.1. The molecule has 6 heteroatoms. The molecule has 2 rings (SSSR count). The fourth-order valence-corrected chi connectivity index (χ4v) is 2.58. The van der Waals surface area contributed by atoms with Gasteiger partial charge in [0.2, 0.25) is 0 Å². The van der Waals surface area contributed by atoms with Crippen molar-refractivity contribution in [3.63, 3.8) is 0 Å². The second-order valence-corrected chi connectivity index (χ2v) is 6.76. The number of nitrogens with one attached hydrogen (secondary N) is 2. The number of ether oxygens (including phenoxy) is 1. The summed E-state index contributed by atoms with van der Waals surface area (Å²) in [4.78, 5) is 11.8. The van der Waals surface area contributed by atoms with Gasteiger partial charge < -0.3 is 10.1 Å². The molecule has 0 saturated heterocycles. The summed E-state index contributed by atoms with van der Waals surface area (Å²) in [6.45, 7) is 9.31. The van der Waals surface area contributed by atoms with Crippen LogP contribution in [0.2, 0.25) is 0 Å². The van der Waals surface area contributed by atoms with Crippen molar-refractivity contribution in [3.05, 3.63) is 29.2 Å². The first-order valence-corrected chi connectivity index (χ1v) is 7.84. The third kappa shape index (κ3) is 4.43. The van der Waals surface area contributed by atoms with Gasteiger partial charge in [-0.1, -0.05) is 6.92 Å². The van der Waals surface area contributed by atoms with E-state index in [0.717, 1.165) is 23.1 Å². The summed E-state index contributed by atoms with van der Waals surface area (Å²) >= 11 is 0. The Balaban J connectivity index is 2.17. The fraction of sp³-hybridized carbons (Fsp3) is 0.529. The van der Waals surface area contributed by atoms with Crippen LogP contribution in [0.1, 0.15) is 45.9 Å². The van der Waals surface area contributed by atoms with Crippen molar-refractivity contribution in [1.82, 2.24) is 15.5 Å². The van der Waals surface area contributed by atoms with Gasteiger partial charge in [0.05, 0.1) is 11.2 Å². The number of fused-ring (bicyclic) bond motifs is 1. The maximum atomic E-state index is 13.8. The topological polar surface area (TPSA) is 67.0 Å². The highest BCUT2D eigenvalue weighted by atomic mass is 19.1. The van der Waals surface area contributed by atoms with E-state index in [1.54, 1.807) is 0 Å². The second kappa shape index (κ2) is 6.56. The Labute approximate surface area is 135 Å². The van der Waals surface area contributed by atoms with Crippen LogP contribution < -0.4 is 5.32 Å². The largest absolute Gasteiger partial charge is 0.444 e. The molecule has 0 radical (unpaired) electrons. The Morgan fingerprint density at radius 1 is 1.43 bits per heavy atom. The molecular weight excluding hydrogens is 297 g/mol. The van der Waals surface area contributed by atoms with Gasteiger partial charge in [0.1, 0.15) is 11.4 Å². The standard InChI is InChI=1S/C17H24FN3O2/c1-6-13-15-11(8-12(18)9-14(15)21-20-13)7-10(2)19-16(22)23-17(3,4)5/h8-10H,6-7H2,1-5H3,(H,19,22)(H,20,21)/t10-/m0/s1. The van der Waals surface area contributed by atoms with Crippen LogP contribution in [0.5, 0.6) is 0 Å². The molecule has 0 aliphatic carbocycles. The lowest BCUT2D eigenvalue weighted by Gasteiger charge is -2.22. The summed E-state index contributed by atoms with van der Waals surface area (Å²) in [5.74, 6) is -0.316. The zero-order chi connectivity index (χ0) is 17.2. The maximum absolute atomic E-state index is 13.8. The van der Waals surface area contributed by atoms with E-state index in [1.807, 2.05) is 34.6 Å². The Hall–Kier alpha value is -2.11. The Morgan fingerprint density at radius 2 is 2.13 bits per heavy atom. The minimum Gasteiger partial charge on any atom is -0.444 e. The number of halogens is 1. The highest BCUT2D eigenvalue weighted by Gasteiger charge is 2.19. The monoisotopic (exact) mass is 321 g/mol. The van der Waals surface area contributed by atoms with Crippen LogP contribution in [0.25, 0.3) is 10.9 Å². The highest BCUT2D eigenvalue weighted by molar-refractivity contribution is 5.85. The molecule has 0 unspecified atom stereocenters. The Bertz CT molecular complexity index is 704. The number of carbonyl (C=O) groups is 1. The van der Waals surface area contributed by atoms with Gasteiger partial charge in [0.25, 0.3) is 0 Å². The van der Waals surface area contributed by atoms with Crippen LogP contribution in [0, 0.1) is 5.82 Å². The lowest BCUT2D eigenvalue weighted by Crippen LogP contribution is -2.38. The molecule has 0 saturated carbocycles. The first kappa shape index (κ1) is 17.2. The average molecular weight is 321 g/mol. The van der Waals surface area contributed by atoms with Gasteiger partial charge in [0.15, 0.2) is 0 Å². The first-order chi connectivity index (χ1) is 10.7. The second-order valence-electron chi connectivity index (χ2n) is 6.76. The molecule has 23 heavy (non-hydrogen) atoms. The van der Waals surface area contributed by atoms with E-state index in [4.69, 9.17) is 4.74 Å². The van der Waals surface area contributed by atoms with Crippen LogP contribution in [0.4, 0.5) is 9.18 Å². The number of aryl methyl sites for hydroxylation is 1. The number of aromatic nitrogens is 2. The number of carbonyl (C=O) groups excluding carboxylic acids is 1. The molecule has 2 aromatic rings. The van der Waals surface area contributed by atoms with Gasteiger partial charge in [-0.2, -0.15) is 5.10 Å². The molecule has 0 aliphatic heterocycles. The minimum absolute atomic E-state index is 0.186. The smallest absolute Gasteiger partial charge is 0.407 e. The molecule has 1 amide bonds. The molecular formula is C17H24FN3O2. The van der Waals surface area contributed by atoms with Crippen LogP contribution in [0.3, 0.4) is 0 Å². The van der Waals surface area contributed by atoms with Gasteiger partial charge >= 0.3 is 6.09 Å². The van der Waals surface area contributed by atoms with Crippen molar-refractivity contribution in [2.24, 2.45) is 0 Å². The van der Waals surface area contributed by atoms with Crippen molar-refractivity contribution in [2.75, 3.05) is 0 Å². The summed E-state index contributed by atoms with van der Waals surface area (Å²) in [5.41, 5.74) is 1.87. The van der Waals surface area contributed by atoms with E-state index >= 15 is 0 Å². The van der Waals surface area contributed by atoms with E-state index in [0.29, 0.717) is 11.9 Å². The van der Waals surface area contributed by atoms with Crippen molar-refractivity contribution in [3.8, 4) is 0 Å².